The van der Waals surface area contributed by atoms with Crippen molar-refractivity contribution < 1.29 is 8.95 Å². The van der Waals surface area contributed by atoms with E-state index in [2.05, 4.69) is 13.8 Å². The van der Waals surface area contributed by atoms with Gasteiger partial charge in [-0.05, 0) is 30.0 Å². The summed E-state index contributed by atoms with van der Waals surface area (Å²) in [4.78, 5) is 0.599. The van der Waals surface area contributed by atoms with Crippen LogP contribution in [0.4, 0.5) is 0 Å². The van der Waals surface area contributed by atoms with E-state index in [1.54, 1.807) is 7.11 Å². The van der Waals surface area contributed by atoms with Crippen molar-refractivity contribution in [2.45, 2.75) is 25.2 Å². The molecule has 96 valence electrons. The summed E-state index contributed by atoms with van der Waals surface area (Å²) in [5.74, 6) is 0.863. The number of rotatable bonds is 6. The highest BCUT2D eigenvalue weighted by Gasteiger charge is 2.09. The van der Waals surface area contributed by atoms with Crippen molar-refractivity contribution in [1.29, 1.82) is 4.78 Å². The van der Waals surface area contributed by atoms with Gasteiger partial charge in [0.05, 0.1) is 22.1 Å². The lowest BCUT2D eigenvalue weighted by molar-refractivity contribution is 0.217. The molecule has 0 aliphatic carbocycles. The monoisotopic (exact) mass is 255 g/mol. The highest BCUT2D eigenvalue weighted by atomic mass is 32.2. The molecule has 0 aromatic heterocycles. The Bertz CT molecular complexity index is 435. The lowest BCUT2D eigenvalue weighted by Crippen LogP contribution is -2.10. The molecule has 0 saturated carbocycles. The minimum absolute atomic E-state index is 0.257. The molecule has 1 aromatic rings. The number of nitrogens with one attached hydrogen (secondary N) is 1. The Morgan fingerprint density at radius 2 is 1.88 bits per heavy atom. The average molecular weight is 255 g/mol. The fourth-order valence-corrected chi connectivity index (χ4v) is 2.85. The predicted octanol–water partition coefficient (Wildman–Crippen LogP) is 2.94. The summed E-state index contributed by atoms with van der Waals surface area (Å²) in [7, 11) is -1.14. The van der Waals surface area contributed by atoms with Crippen molar-refractivity contribution in [3.8, 4) is 0 Å². The lowest BCUT2D eigenvalue weighted by atomic mass is 10.0. The van der Waals surface area contributed by atoms with Gasteiger partial charge in [0.15, 0.2) is 0 Å². The van der Waals surface area contributed by atoms with Crippen LogP contribution in [0.5, 0.6) is 0 Å². The molecule has 1 aromatic carbocycles. The normalized spacial score (nSPS) is 14.8. The summed E-state index contributed by atoms with van der Waals surface area (Å²) in [5.41, 5.74) is 1.23. The predicted molar refractivity (Wildman–Crippen MR) is 70.9 cm³/mol. The quantitative estimate of drug-likeness (QED) is 0.849. The molecule has 0 fully saturated rings. The molecule has 0 saturated heterocycles. The molecule has 1 unspecified atom stereocenters. The highest BCUT2D eigenvalue weighted by molar-refractivity contribution is 7.92. The second kappa shape index (κ2) is 6.17. The number of methoxy groups -OCH3 is 1. The number of hydrogen-bond acceptors (Lipinski definition) is 3. The topological polar surface area (TPSA) is 50.1 Å². The van der Waals surface area contributed by atoms with Gasteiger partial charge >= 0.3 is 0 Å². The molecular formula is C13H21NO2S. The Labute approximate surface area is 104 Å². The van der Waals surface area contributed by atoms with Gasteiger partial charge in [-0.2, -0.15) is 0 Å². The van der Waals surface area contributed by atoms with E-state index in [9.17, 15) is 4.21 Å². The van der Waals surface area contributed by atoms with Crippen molar-refractivity contribution in [2.24, 2.45) is 5.92 Å². The molecule has 4 heteroatoms. The maximum absolute atomic E-state index is 12.1. The van der Waals surface area contributed by atoms with Crippen LogP contribution in [0.15, 0.2) is 29.2 Å². The van der Waals surface area contributed by atoms with E-state index in [0.717, 1.165) is 6.42 Å². The van der Waals surface area contributed by atoms with Crippen LogP contribution < -0.4 is 0 Å². The van der Waals surface area contributed by atoms with Gasteiger partial charge in [0.25, 0.3) is 0 Å². The van der Waals surface area contributed by atoms with Crippen LogP contribution in [0.1, 0.15) is 19.4 Å². The Morgan fingerprint density at radius 1 is 1.29 bits per heavy atom. The van der Waals surface area contributed by atoms with Crippen LogP contribution in [-0.4, -0.2) is 23.7 Å². The van der Waals surface area contributed by atoms with Gasteiger partial charge in [-0.3, -0.25) is 0 Å². The van der Waals surface area contributed by atoms with E-state index in [1.165, 1.54) is 5.56 Å². The third kappa shape index (κ3) is 4.48. The minimum Gasteiger partial charge on any atom is -0.384 e. The van der Waals surface area contributed by atoms with E-state index < -0.39 is 9.73 Å². The van der Waals surface area contributed by atoms with Gasteiger partial charge in [-0.25, -0.2) is 8.99 Å². The first-order valence-corrected chi connectivity index (χ1v) is 7.53. The number of ether oxygens (including phenoxy) is 1. The van der Waals surface area contributed by atoms with Crippen LogP contribution in [-0.2, 0) is 20.9 Å². The molecule has 1 rings (SSSR count). The third-order valence-corrected chi connectivity index (χ3v) is 4.30. The Balaban J connectivity index is 2.80. The molecular weight excluding hydrogens is 234 g/mol. The smallest absolute Gasteiger partial charge is 0.0748 e. The summed E-state index contributed by atoms with van der Waals surface area (Å²) in [6.45, 7) is 4.69. The van der Waals surface area contributed by atoms with Gasteiger partial charge in [0, 0.05) is 12.0 Å². The molecule has 17 heavy (non-hydrogen) atoms. The molecule has 1 N–H and O–H groups in total. The van der Waals surface area contributed by atoms with E-state index in [1.807, 2.05) is 24.3 Å². The average Bonchev–Trinajstić information content (AvgIpc) is 2.26. The second-order valence-electron chi connectivity index (χ2n) is 4.61. The van der Waals surface area contributed by atoms with Gasteiger partial charge in [-0.15, -0.1) is 0 Å². The standard InChI is InChI=1S/C13H21NO2S/c1-11(2)10-12-4-6-13(7-5-12)17(14,15)9-8-16-3/h4-7,11,14H,8-10H2,1-3H3. The SMILES string of the molecule is COCCS(=N)(=O)c1ccc(CC(C)C)cc1. The molecule has 0 heterocycles. The summed E-state index contributed by atoms with van der Waals surface area (Å²) < 4.78 is 24.8. The molecule has 0 amide bonds. The molecule has 3 nitrogen and oxygen atoms in total. The van der Waals surface area contributed by atoms with Crippen molar-refractivity contribution in [3.05, 3.63) is 29.8 Å². The molecule has 1 atom stereocenters. The zero-order valence-electron chi connectivity index (χ0n) is 10.7. The Hall–Kier alpha value is -0.870. The molecule has 0 radical (unpaired) electrons. The summed E-state index contributed by atoms with van der Waals surface area (Å²) >= 11 is 0. The maximum atomic E-state index is 12.1. The summed E-state index contributed by atoms with van der Waals surface area (Å²) in [6.07, 6.45) is 1.01. The van der Waals surface area contributed by atoms with Crippen LogP contribution >= 0.6 is 0 Å². The summed E-state index contributed by atoms with van der Waals surface area (Å²) in [5, 5.41) is 0. The van der Waals surface area contributed by atoms with E-state index in [4.69, 9.17) is 9.52 Å². The second-order valence-corrected chi connectivity index (χ2v) is 6.84. The first-order chi connectivity index (χ1) is 7.95. The molecule has 0 aliphatic heterocycles. The van der Waals surface area contributed by atoms with Crippen molar-refractivity contribution in [3.63, 3.8) is 0 Å². The molecule has 0 spiro atoms. The first-order valence-electron chi connectivity index (χ1n) is 5.80. The van der Waals surface area contributed by atoms with Crippen molar-refractivity contribution in [1.82, 2.24) is 0 Å². The Kier molecular flexibility index (Phi) is 5.15. The molecule has 0 bridgehead atoms. The van der Waals surface area contributed by atoms with Crippen LogP contribution in [0.3, 0.4) is 0 Å². The van der Waals surface area contributed by atoms with Gasteiger partial charge in [0.2, 0.25) is 0 Å². The Morgan fingerprint density at radius 3 is 2.35 bits per heavy atom. The van der Waals surface area contributed by atoms with Crippen molar-refractivity contribution in [2.75, 3.05) is 19.5 Å². The third-order valence-electron chi connectivity index (χ3n) is 2.52. The van der Waals surface area contributed by atoms with Crippen molar-refractivity contribution >= 4 is 9.73 Å². The largest absolute Gasteiger partial charge is 0.384 e. The van der Waals surface area contributed by atoms with Crippen LogP contribution in [0, 0.1) is 10.7 Å². The number of hydrogen-bond donors (Lipinski definition) is 1. The first kappa shape index (κ1) is 14.2. The zero-order chi connectivity index (χ0) is 12.9. The fourth-order valence-electron chi connectivity index (χ4n) is 1.64. The van der Waals surface area contributed by atoms with Gasteiger partial charge in [0.1, 0.15) is 0 Å². The highest BCUT2D eigenvalue weighted by Crippen LogP contribution is 2.15. The zero-order valence-corrected chi connectivity index (χ0v) is 11.5. The van der Waals surface area contributed by atoms with E-state index in [0.29, 0.717) is 17.4 Å². The van der Waals surface area contributed by atoms with Gasteiger partial charge < -0.3 is 4.74 Å². The van der Waals surface area contributed by atoms with Crippen LogP contribution in [0.2, 0.25) is 0 Å². The maximum Gasteiger partial charge on any atom is 0.0748 e. The number of benzene rings is 1. The minimum atomic E-state index is -2.69. The van der Waals surface area contributed by atoms with Gasteiger partial charge in [-0.1, -0.05) is 26.0 Å². The van der Waals surface area contributed by atoms with E-state index >= 15 is 0 Å². The fraction of sp³-hybridized carbons (Fsp3) is 0.538. The van der Waals surface area contributed by atoms with E-state index in [-0.39, 0.29) is 5.75 Å². The lowest BCUT2D eigenvalue weighted by Gasteiger charge is -2.09. The molecule has 0 aliphatic rings. The van der Waals surface area contributed by atoms with Crippen LogP contribution in [0.25, 0.3) is 0 Å². The summed E-state index contributed by atoms with van der Waals surface area (Å²) in [6, 6.07) is 7.55.